The van der Waals surface area contributed by atoms with Crippen LogP contribution in [0.5, 0.6) is 5.75 Å². The number of allylic oxidation sites excluding steroid dienone is 1. The summed E-state index contributed by atoms with van der Waals surface area (Å²) >= 11 is 0. The van der Waals surface area contributed by atoms with Gasteiger partial charge in [-0.2, -0.15) is 23.8 Å². The number of methoxy groups -OCH3 is 1. The normalized spacial score (nSPS) is 10.7. The molecule has 0 aliphatic heterocycles. The smallest absolute Gasteiger partial charge is 0.540 e. The van der Waals surface area contributed by atoms with Crippen LogP contribution in [0, 0.1) is 12.1 Å². The minimum Gasteiger partial charge on any atom is -0.540 e. The van der Waals surface area contributed by atoms with Crippen molar-refractivity contribution in [3.63, 3.8) is 0 Å². The van der Waals surface area contributed by atoms with E-state index in [4.69, 9.17) is 4.74 Å². The molecule has 0 unspecified atom stereocenters. The molecule has 0 radical (unpaired) electrons. The Balaban J connectivity index is 0.00000162. The van der Waals surface area contributed by atoms with E-state index in [-0.39, 0.29) is 20.4 Å². The molecule has 2 aromatic rings. The summed E-state index contributed by atoms with van der Waals surface area (Å²) in [4.78, 5) is 0. The number of rotatable bonds is 3. The Bertz CT molecular complexity index is 500. The maximum atomic E-state index is 5.11. The number of hydrogen-bond donors (Lipinski definition) is 0. The maximum Gasteiger partial charge on any atom is 2.00 e. The molecule has 94 valence electrons. The van der Waals surface area contributed by atoms with Crippen LogP contribution in [0.1, 0.15) is 18.1 Å². The molecule has 0 N–H and O–H groups in total. The predicted octanol–water partition coefficient (Wildman–Crippen LogP) is 3.75. The first-order valence-electron chi connectivity index (χ1n) is 5.51. The molecule has 0 atom stereocenters. The van der Waals surface area contributed by atoms with Gasteiger partial charge in [0.15, 0.2) is 0 Å². The molecule has 0 amide bonds. The van der Waals surface area contributed by atoms with Gasteiger partial charge >= 0.3 is 20.4 Å². The second-order valence-corrected chi connectivity index (χ2v) is 3.76. The quantitative estimate of drug-likeness (QED) is 0.474. The van der Waals surface area contributed by atoms with E-state index in [0.29, 0.717) is 0 Å². The first kappa shape index (κ1) is 14.7. The summed E-state index contributed by atoms with van der Waals surface area (Å²) in [6, 6.07) is 19.0. The van der Waals surface area contributed by atoms with Gasteiger partial charge in [0.1, 0.15) is 0 Å². The van der Waals surface area contributed by atoms with Gasteiger partial charge in [-0.1, -0.05) is 13.0 Å². The van der Waals surface area contributed by atoms with Crippen LogP contribution in [0.2, 0.25) is 0 Å². The molecule has 0 saturated carbocycles. The van der Waals surface area contributed by atoms with E-state index in [2.05, 4.69) is 12.1 Å². The van der Waals surface area contributed by atoms with Crippen molar-refractivity contribution < 1.29 is 25.2 Å². The molecule has 0 aliphatic carbocycles. The average Bonchev–Trinajstić information content (AvgIpc) is 2.40. The van der Waals surface area contributed by atoms with E-state index in [1.807, 2.05) is 55.5 Å². The predicted molar refractivity (Wildman–Crippen MR) is 69.7 cm³/mol. The summed E-state index contributed by atoms with van der Waals surface area (Å²) in [7, 11) is 1.65. The van der Waals surface area contributed by atoms with Crippen LogP contribution >= 0.6 is 0 Å². The monoisotopic (exact) mass is 328 g/mol. The molecule has 0 bridgehead atoms. The Morgan fingerprint density at radius 1 is 1.11 bits per heavy atom. The second kappa shape index (κ2) is 7.16. The van der Waals surface area contributed by atoms with E-state index >= 15 is 0 Å². The molecule has 0 spiro atoms. The molecule has 0 fully saturated rings. The topological polar surface area (TPSA) is 9.23 Å². The van der Waals surface area contributed by atoms with Gasteiger partial charge in [-0.3, -0.25) is 0 Å². The molecular weight excluding hydrogens is 315 g/mol. The summed E-state index contributed by atoms with van der Waals surface area (Å²) in [6.07, 6.45) is 3.34. The summed E-state index contributed by atoms with van der Waals surface area (Å²) in [5, 5.41) is 0. The van der Waals surface area contributed by atoms with Gasteiger partial charge in [-0.15, -0.1) is 36.4 Å². The standard InChI is InChI=1S/C16H14O.Pd/c1-13(12-14-6-4-3-5-7-14)15-8-10-16(17-2)11-9-15;/h3-8,10-11H,1-2H3;/q-2;+2. The van der Waals surface area contributed by atoms with Crippen LogP contribution < -0.4 is 4.74 Å². The SMILES string of the molecule is COc1c[c-]c(C(C)=[C-]c2ccccc2)cc1.[Pd+2]. The molecule has 2 heteroatoms. The zero-order chi connectivity index (χ0) is 12.1. The van der Waals surface area contributed by atoms with Crippen molar-refractivity contribution in [1.82, 2.24) is 0 Å². The summed E-state index contributed by atoms with van der Waals surface area (Å²) in [5.74, 6) is 0.821. The molecule has 2 rings (SSSR count). The number of hydrogen-bond acceptors (Lipinski definition) is 1. The van der Waals surface area contributed by atoms with Crippen LogP contribution in [0.4, 0.5) is 0 Å². The average molecular weight is 329 g/mol. The first-order valence-corrected chi connectivity index (χ1v) is 5.51. The van der Waals surface area contributed by atoms with Crippen LogP contribution in [0.3, 0.4) is 0 Å². The zero-order valence-electron chi connectivity index (χ0n) is 10.3. The Labute approximate surface area is 122 Å². The molecule has 1 nitrogen and oxygen atoms in total. The molecule has 0 heterocycles. The van der Waals surface area contributed by atoms with E-state index in [1.54, 1.807) is 7.11 Å². The number of benzene rings is 2. The molecular formula is C16H14OPd. The fourth-order valence-electron chi connectivity index (χ4n) is 1.58. The molecule has 0 aliphatic rings. The van der Waals surface area contributed by atoms with Crippen LogP contribution in [0.15, 0.2) is 48.5 Å². The van der Waals surface area contributed by atoms with Gasteiger partial charge in [0.05, 0.1) is 7.11 Å². The van der Waals surface area contributed by atoms with E-state index in [1.165, 1.54) is 0 Å². The summed E-state index contributed by atoms with van der Waals surface area (Å²) in [6.45, 7) is 2.03. The third kappa shape index (κ3) is 3.84. The van der Waals surface area contributed by atoms with Crippen molar-refractivity contribution in [1.29, 1.82) is 0 Å². The Kier molecular flexibility index (Phi) is 5.85. The third-order valence-electron chi connectivity index (χ3n) is 2.53. The minimum atomic E-state index is 0. The van der Waals surface area contributed by atoms with Gasteiger partial charge in [0.25, 0.3) is 0 Å². The largest absolute Gasteiger partial charge is 2.00 e. The van der Waals surface area contributed by atoms with Gasteiger partial charge in [-0.25, -0.2) is 11.1 Å². The van der Waals surface area contributed by atoms with Crippen molar-refractivity contribution >= 4 is 5.57 Å². The zero-order valence-corrected chi connectivity index (χ0v) is 11.9. The van der Waals surface area contributed by atoms with Crippen LogP contribution in [0.25, 0.3) is 5.57 Å². The molecule has 18 heavy (non-hydrogen) atoms. The fourth-order valence-corrected chi connectivity index (χ4v) is 1.58. The molecule has 2 aromatic carbocycles. The van der Waals surface area contributed by atoms with Crippen LogP contribution in [-0.4, -0.2) is 7.11 Å². The molecule has 0 saturated heterocycles. The van der Waals surface area contributed by atoms with Gasteiger partial charge in [0, 0.05) is 5.75 Å². The van der Waals surface area contributed by atoms with E-state index in [0.717, 1.165) is 22.4 Å². The van der Waals surface area contributed by atoms with Gasteiger partial charge in [0.2, 0.25) is 0 Å². The molecule has 0 aromatic heterocycles. The van der Waals surface area contributed by atoms with Gasteiger partial charge < -0.3 is 4.74 Å². The Morgan fingerprint density at radius 3 is 2.39 bits per heavy atom. The van der Waals surface area contributed by atoms with Gasteiger partial charge in [-0.05, 0) is 0 Å². The Morgan fingerprint density at radius 2 is 1.83 bits per heavy atom. The van der Waals surface area contributed by atoms with Crippen molar-refractivity contribution in [2.45, 2.75) is 6.92 Å². The van der Waals surface area contributed by atoms with Crippen molar-refractivity contribution in [2.24, 2.45) is 0 Å². The van der Waals surface area contributed by atoms with E-state index in [9.17, 15) is 0 Å². The van der Waals surface area contributed by atoms with Crippen LogP contribution in [-0.2, 0) is 20.4 Å². The summed E-state index contributed by atoms with van der Waals surface area (Å²) in [5.41, 5.74) is 3.18. The third-order valence-corrected chi connectivity index (χ3v) is 2.53. The Hall–Kier alpha value is -1.36. The minimum absolute atomic E-state index is 0. The summed E-state index contributed by atoms with van der Waals surface area (Å²) < 4.78 is 5.11. The maximum absolute atomic E-state index is 5.11. The first-order chi connectivity index (χ1) is 8.29. The second-order valence-electron chi connectivity index (χ2n) is 3.76. The van der Waals surface area contributed by atoms with Crippen molar-refractivity contribution in [3.8, 4) is 5.75 Å². The van der Waals surface area contributed by atoms with E-state index < -0.39 is 0 Å². The van der Waals surface area contributed by atoms with Crippen molar-refractivity contribution in [3.05, 3.63) is 71.8 Å². The van der Waals surface area contributed by atoms with Crippen molar-refractivity contribution in [2.75, 3.05) is 7.11 Å². The number of ether oxygens (including phenoxy) is 1. The fraction of sp³-hybridized carbons (Fsp3) is 0.125.